The number of nitrogens with one attached hydrogen (secondary N) is 1. The van der Waals surface area contributed by atoms with E-state index in [-0.39, 0.29) is 0 Å². The van der Waals surface area contributed by atoms with Crippen molar-refractivity contribution in [2.24, 2.45) is 11.8 Å². The van der Waals surface area contributed by atoms with Gasteiger partial charge in [0.15, 0.2) is 0 Å². The van der Waals surface area contributed by atoms with Gasteiger partial charge in [-0.3, -0.25) is 0 Å². The molecule has 3 unspecified atom stereocenters. The third-order valence-electron chi connectivity index (χ3n) is 3.86. The Bertz CT molecular complexity index is 481. The van der Waals surface area contributed by atoms with Crippen LogP contribution in [-0.4, -0.2) is 17.1 Å². The Hall–Kier alpha value is -1.77. The van der Waals surface area contributed by atoms with Crippen molar-refractivity contribution in [2.75, 3.05) is 5.32 Å². The first-order valence-electron chi connectivity index (χ1n) is 6.01. The Morgan fingerprint density at radius 3 is 2.94 bits per heavy atom. The zero-order valence-electron chi connectivity index (χ0n) is 9.47. The summed E-state index contributed by atoms with van der Waals surface area (Å²) >= 11 is 0. The molecule has 0 amide bonds. The number of carboxylic acid groups (broad SMARTS) is 1. The van der Waals surface area contributed by atoms with Gasteiger partial charge in [0.1, 0.15) is 0 Å². The van der Waals surface area contributed by atoms with Gasteiger partial charge in [0.25, 0.3) is 0 Å². The number of carboxylic acids is 1. The van der Waals surface area contributed by atoms with Gasteiger partial charge in [-0.2, -0.15) is 0 Å². The molecular weight excluding hydrogens is 214 g/mol. The fourth-order valence-corrected chi connectivity index (χ4v) is 2.88. The summed E-state index contributed by atoms with van der Waals surface area (Å²) in [6.07, 6.45) is 6.82. The fourth-order valence-electron chi connectivity index (χ4n) is 2.88. The van der Waals surface area contributed by atoms with Gasteiger partial charge >= 0.3 is 5.97 Å². The summed E-state index contributed by atoms with van der Waals surface area (Å²) in [6.45, 7) is 0. The van der Waals surface area contributed by atoms with E-state index in [0.29, 0.717) is 17.5 Å². The van der Waals surface area contributed by atoms with E-state index in [1.54, 1.807) is 12.1 Å². The number of fused-ring (bicyclic) bond motifs is 1. The molecule has 17 heavy (non-hydrogen) atoms. The molecule has 2 aliphatic carbocycles. The molecule has 0 radical (unpaired) electrons. The van der Waals surface area contributed by atoms with Crippen LogP contribution in [0, 0.1) is 11.8 Å². The molecule has 3 heteroatoms. The van der Waals surface area contributed by atoms with Gasteiger partial charge in [-0.15, -0.1) is 0 Å². The molecule has 0 aliphatic heterocycles. The normalized spacial score (nSPS) is 29.5. The van der Waals surface area contributed by atoms with Gasteiger partial charge in [0.05, 0.1) is 5.56 Å². The van der Waals surface area contributed by atoms with E-state index in [4.69, 9.17) is 5.11 Å². The van der Waals surface area contributed by atoms with Gasteiger partial charge in [-0.25, -0.2) is 4.79 Å². The molecule has 2 N–H and O–H groups in total. The summed E-state index contributed by atoms with van der Waals surface area (Å²) in [6, 6.07) is 7.52. The van der Waals surface area contributed by atoms with Crippen molar-refractivity contribution < 1.29 is 9.90 Å². The summed E-state index contributed by atoms with van der Waals surface area (Å²) in [5.41, 5.74) is 1.10. The number of allylic oxidation sites excluding steroid dienone is 1. The molecule has 3 nitrogen and oxygen atoms in total. The van der Waals surface area contributed by atoms with Crippen LogP contribution in [0.15, 0.2) is 36.4 Å². The zero-order valence-corrected chi connectivity index (χ0v) is 9.47. The van der Waals surface area contributed by atoms with Crippen LogP contribution in [0.3, 0.4) is 0 Å². The number of anilines is 1. The second-order valence-corrected chi connectivity index (χ2v) is 4.84. The fraction of sp³-hybridized carbons (Fsp3) is 0.357. The lowest BCUT2D eigenvalue weighted by Crippen LogP contribution is -2.43. The molecule has 1 aromatic carbocycles. The summed E-state index contributed by atoms with van der Waals surface area (Å²) in [5, 5.41) is 12.5. The Labute approximate surface area is 100 Å². The van der Waals surface area contributed by atoms with E-state index in [0.717, 1.165) is 18.0 Å². The van der Waals surface area contributed by atoms with Crippen LogP contribution < -0.4 is 5.32 Å². The lowest BCUT2D eigenvalue weighted by atomic mass is 9.71. The molecule has 1 saturated carbocycles. The van der Waals surface area contributed by atoms with E-state index in [1.807, 2.05) is 12.1 Å². The van der Waals surface area contributed by atoms with Crippen LogP contribution >= 0.6 is 0 Å². The standard InChI is InChI=1S/C14H15NO2/c16-14(17)11-5-1-2-7-12(11)15-13-8-9-4-3-6-10(9)13/h1-3,5-7,9-10,13,15H,4,8H2,(H,16,17). The van der Waals surface area contributed by atoms with Crippen LogP contribution in [0.1, 0.15) is 23.2 Å². The van der Waals surface area contributed by atoms with E-state index in [9.17, 15) is 4.79 Å². The Morgan fingerprint density at radius 2 is 2.18 bits per heavy atom. The second-order valence-electron chi connectivity index (χ2n) is 4.84. The quantitative estimate of drug-likeness (QED) is 0.783. The van der Waals surface area contributed by atoms with Gasteiger partial charge in [-0.05, 0) is 30.9 Å². The Morgan fingerprint density at radius 1 is 1.35 bits per heavy atom. The average Bonchev–Trinajstić information content (AvgIpc) is 2.68. The van der Waals surface area contributed by atoms with Gasteiger partial charge in [0, 0.05) is 17.6 Å². The van der Waals surface area contributed by atoms with Gasteiger partial charge in [0.2, 0.25) is 0 Å². The first kappa shape index (κ1) is 10.4. The van der Waals surface area contributed by atoms with Crippen LogP contribution in [0.4, 0.5) is 5.69 Å². The maximum atomic E-state index is 11.1. The molecule has 1 fully saturated rings. The minimum Gasteiger partial charge on any atom is -0.478 e. The lowest BCUT2D eigenvalue weighted by Gasteiger charge is -2.41. The highest BCUT2D eigenvalue weighted by atomic mass is 16.4. The van der Waals surface area contributed by atoms with Crippen molar-refractivity contribution in [1.82, 2.24) is 0 Å². The average molecular weight is 229 g/mol. The number of para-hydroxylation sites is 1. The van der Waals surface area contributed by atoms with Crippen LogP contribution in [0.2, 0.25) is 0 Å². The minimum atomic E-state index is -0.870. The van der Waals surface area contributed by atoms with E-state index in [1.165, 1.54) is 6.42 Å². The molecule has 0 heterocycles. The highest BCUT2D eigenvalue weighted by molar-refractivity contribution is 5.94. The van der Waals surface area contributed by atoms with Crippen molar-refractivity contribution in [2.45, 2.75) is 18.9 Å². The largest absolute Gasteiger partial charge is 0.478 e. The number of benzene rings is 1. The maximum Gasteiger partial charge on any atom is 0.337 e. The van der Waals surface area contributed by atoms with E-state index < -0.39 is 5.97 Å². The summed E-state index contributed by atoms with van der Waals surface area (Å²) in [4.78, 5) is 11.1. The van der Waals surface area contributed by atoms with Crippen molar-refractivity contribution in [1.29, 1.82) is 0 Å². The van der Waals surface area contributed by atoms with Gasteiger partial charge in [-0.1, -0.05) is 24.3 Å². The maximum absolute atomic E-state index is 11.1. The number of aromatic carboxylic acids is 1. The topological polar surface area (TPSA) is 49.3 Å². The predicted octanol–water partition coefficient (Wildman–Crippen LogP) is 2.76. The number of rotatable bonds is 3. The molecule has 3 atom stereocenters. The van der Waals surface area contributed by atoms with Crippen molar-refractivity contribution in [3.63, 3.8) is 0 Å². The second kappa shape index (κ2) is 3.91. The number of carbonyl (C=O) groups is 1. The molecule has 0 bridgehead atoms. The van der Waals surface area contributed by atoms with Gasteiger partial charge < -0.3 is 10.4 Å². The van der Waals surface area contributed by atoms with Crippen LogP contribution in [0.25, 0.3) is 0 Å². The molecule has 0 saturated heterocycles. The highest BCUT2D eigenvalue weighted by Crippen LogP contribution is 2.44. The highest BCUT2D eigenvalue weighted by Gasteiger charge is 2.41. The van der Waals surface area contributed by atoms with Crippen molar-refractivity contribution in [3.8, 4) is 0 Å². The third-order valence-corrected chi connectivity index (χ3v) is 3.86. The summed E-state index contributed by atoms with van der Waals surface area (Å²) in [5.74, 6) is 0.507. The Kier molecular flexibility index (Phi) is 2.39. The lowest BCUT2D eigenvalue weighted by molar-refractivity contribution is 0.0697. The van der Waals surface area contributed by atoms with Crippen molar-refractivity contribution in [3.05, 3.63) is 42.0 Å². The predicted molar refractivity (Wildman–Crippen MR) is 66.2 cm³/mol. The van der Waals surface area contributed by atoms with E-state index >= 15 is 0 Å². The molecule has 1 aromatic rings. The molecular formula is C14H15NO2. The molecule has 0 aromatic heterocycles. The molecule has 0 spiro atoms. The summed E-state index contributed by atoms with van der Waals surface area (Å²) < 4.78 is 0. The first-order valence-corrected chi connectivity index (χ1v) is 6.01. The third kappa shape index (κ3) is 1.71. The zero-order chi connectivity index (χ0) is 11.8. The number of hydrogen-bond acceptors (Lipinski definition) is 2. The molecule has 2 aliphatic rings. The van der Waals surface area contributed by atoms with Crippen LogP contribution in [0.5, 0.6) is 0 Å². The van der Waals surface area contributed by atoms with E-state index in [2.05, 4.69) is 17.5 Å². The monoisotopic (exact) mass is 229 g/mol. The minimum absolute atomic E-state index is 0.359. The summed E-state index contributed by atoms with van der Waals surface area (Å²) in [7, 11) is 0. The van der Waals surface area contributed by atoms with Crippen LogP contribution in [-0.2, 0) is 0 Å². The SMILES string of the molecule is O=C(O)c1ccccc1NC1CC2CC=CC21. The van der Waals surface area contributed by atoms with Crippen molar-refractivity contribution >= 4 is 11.7 Å². The smallest absolute Gasteiger partial charge is 0.337 e. The number of hydrogen-bond donors (Lipinski definition) is 2. The Balaban J connectivity index is 1.77. The molecule has 88 valence electrons. The molecule has 3 rings (SSSR count). The first-order chi connectivity index (χ1) is 8.25.